The van der Waals surface area contributed by atoms with Crippen molar-refractivity contribution in [1.29, 1.82) is 5.26 Å². The van der Waals surface area contributed by atoms with Gasteiger partial charge in [-0.3, -0.25) is 9.59 Å². The van der Waals surface area contributed by atoms with Crippen molar-refractivity contribution in [3.05, 3.63) is 33.8 Å². The Hall–Kier alpha value is -1.77. The van der Waals surface area contributed by atoms with E-state index in [-0.39, 0.29) is 23.0 Å². The average molecular weight is 342 g/mol. The van der Waals surface area contributed by atoms with Crippen LogP contribution in [0.4, 0.5) is 0 Å². The minimum absolute atomic E-state index is 0.106. The Morgan fingerprint density at radius 1 is 1.32 bits per heavy atom. The number of nitrogens with one attached hydrogen (secondary N) is 2. The van der Waals surface area contributed by atoms with E-state index in [1.54, 1.807) is 6.07 Å². The monoisotopic (exact) mass is 341 g/mol. The molecule has 0 saturated heterocycles. The number of nitrogens with zero attached hydrogens (tertiary/aromatic N) is 1. The molecular weight excluding hydrogens is 325 g/mol. The van der Waals surface area contributed by atoms with Crippen LogP contribution >= 0.6 is 23.2 Å². The summed E-state index contributed by atoms with van der Waals surface area (Å²) < 4.78 is 0. The molecule has 0 heterocycles. The Kier molecular flexibility index (Phi) is 7.16. The van der Waals surface area contributed by atoms with Gasteiger partial charge in [-0.2, -0.15) is 5.26 Å². The Bertz CT molecular complexity index is 597. The van der Waals surface area contributed by atoms with Crippen molar-refractivity contribution in [2.24, 2.45) is 5.92 Å². The van der Waals surface area contributed by atoms with E-state index in [2.05, 4.69) is 10.6 Å². The fourth-order valence-corrected chi connectivity index (χ4v) is 2.36. The second kappa shape index (κ2) is 8.62. The first kappa shape index (κ1) is 18.3. The molecule has 0 aliphatic heterocycles. The molecule has 7 heteroatoms. The molecule has 0 unspecified atom stereocenters. The summed E-state index contributed by atoms with van der Waals surface area (Å²) in [5, 5.41) is 14.3. The number of amides is 2. The van der Waals surface area contributed by atoms with Gasteiger partial charge in [0.15, 0.2) is 0 Å². The van der Waals surface area contributed by atoms with Gasteiger partial charge in [0.25, 0.3) is 5.91 Å². The van der Waals surface area contributed by atoms with Gasteiger partial charge in [-0.1, -0.05) is 37.0 Å². The molecule has 0 spiro atoms. The molecule has 0 fully saturated rings. The lowest BCUT2D eigenvalue weighted by atomic mass is 10.0. The van der Waals surface area contributed by atoms with Crippen LogP contribution in [0.5, 0.6) is 0 Å². The molecule has 5 nitrogen and oxygen atoms in total. The van der Waals surface area contributed by atoms with Gasteiger partial charge in [-0.25, -0.2) is 0 Å². The second-order valence-corrected chi connectivity index (χ2v) is 6.00. The molecule has 0 saturated carbocycles. The van der Waals surface area contributed by atoms with Gasteiger partial charge in [0.05, 0.1) is 16.7 Å². The van der Waals surface area contributed by atoms with Crippen LogP contribution in [0, 0.1) is 17.2 Å². The molecule has 0 bridgehead atoms. The molecule has 1 rings (SSSR count). The summed E-state index contributed by atoms with van der Waals surface area (Å²) >= 11 is 11.8. The molecule has 2 N–H and O–H groups in total. The highest BCUT2D eigenvalue weighted by Crippen LogP contribution is 2.21. The quantitative estimate of drug-likeness (QED) is 0.780. The first-order valence-corrected chi connectivity index (χ1v) is 7.51. The highest BCUT2D eigenvalue weighted by Gasteiger charge is 2.23. The Balaban J connectivity index is 2.86. The van der Waals surface area contributed by atoms with Gasteiger partial charge in [0.1, 0.15) is 12.6 Å². The molecule has 2 amide bonds. The number of nitriles is 1. The average Bonchev–Trinajstić information content (AvgIpc) is 2.43. The van der Waals surface area contributed by atoms with Crippen molar-refractivity contribution in [2.45, 2.75) is 26.3 Å². The molecular formula is C15H17Cl2N3O2. The standard InChI is InChI=1S/C15H17Cl2N3O2/c1-9(2)7-13(15(22)19-6-5-18)20-14(21)11-4-3-10(16)8-12(11)17/h3-4,8-9,13H,6-7H2,1-2H3,(H,19,22)(H,20,21)/t13-/m0/s1. The summed E-state index contributed by atoms with van der Waals surface area (Å²) in [6.45, 7) is 3.77. The topological polar surface area (TPSA) is 82.0 Å². The van der Waals surface area contributed by atoms with E-state index < -0.39 is 17.9 Å². The first-order chi connectivity index (χ1) is 10.3. The normalized spacial score (nSPS) is 11.6. The third-order valence-electron chi connectivity index (χ3n) is 2.85. The van der Waals surface area contributed by atoms with Crippen LogP contribution in [0.1, 0.15) is 30.6 Å². The lowest BCUT2D eigenvalue weighted by Gasteiger charge is -2.20. The zero-order valence-corrected chi connectivity index (χ0v) is 13.8. The molecule has 0 aliphatic rings. The van der Waals surface area contributed by atoms with Gasteiger partial charge >= 0.3 is 0 Å². The third kappa shape index (κ3) is 5.55. The van der Waals surface area contributed by atoms with E-state index in [0.29, 0.717) is 11.4 Å². The highest BCUT2D eigenvalue weighted by atomic mass is 35.5. The highest BCUT2D eigenvalue weighted by molar-refractivity contribution is 6.36. The summed E-state index contributed by atoms with van der Waals surface area (Å²) in [6.07, 6.45) is 0.453. The molecule has 1 aromatic rings. The minimum atomic E-state index is -0.729. The maximum absolute atomic E-state index is 12.3. The van der Waals surface area contributed by atoms with Crippen molar-refractivity contribution >= 4 is 35.0 Å². The van der Waals surface area contributed by atoms with Crippen molar-refractivity contribution in [1.82, 2.24) is 10.6 Å². The van der Waals surface area contributed by atoms with Crippen molar-refractivity contribution in [3.8, 4) is 6.07 Å². The molecule has 0 radical (unpaired) electrons. The summed E-state index contributed by atoms with van der Waals surface area (Å²) in [4.78, 5) is 24.3. The number of hydrogen-bond acceptors (Lipinski definition) is 3. The fourth-order valence-electron chi connectivity index (χ4n) is 1.86. The van der Waals surface area contributed by atoms with E-state index in [4.69, 9.17) is 28.5 Å². The number of benzene rings is 1. The second-order valence-electron chi connectivity index (χ2n) is 5.16. The van der Waals surface area contributed by atoms with E-state index in [0.717, 1.165) is 0 Å². The van der Waals surface area contributed by atoms with Crippen LogP contribution in [0.2, 0.25) is 10.0 Å². The lowest BCUT2D eigenvalue weighted by molar-refractivity contribution is -0.123. The summed E-state index contributed by atoms with van der Waals surface area (Å²) in [5.74, 6) is -0.660. The van der Waals surface area contributed by atoms with Crippen LogP contribution in [0.25, 0.3) is 0 Å². The van der Waals surface area contributed by atoms with Crippen LogP contribution in [0.3, 0.4) is 0 Å². The summed E-state index contributed by atoms with van der Waals surface area (Å²) in [6, 6.07) is 5.61. The number of carbonyl (C=O) groups is 2. The molecule has 1 aromatic carbocycles. The maximum Gasteiger partial charge on any atom is 0.253 e. The molecule has 1 atom stereocenters. The zero-order chi connectivity index (χ0) is 16.7. The van der Waals surface area contributed by atoms with E-state index in [9.17, 15) is 9.59 Å². The van der Waals surface area contributed by atoms with Crippen molar-refractivity contribution in [2.75, 3.05) is 6.54 Å². The number of hydrogen-bond donors (Lipinski definition) is 2. The predicted octanol–water partition coefficient (Wildman–Crippen LogP) is 2.78. The Labute approximate surface area is 139 Å². The van der Waals surface area contributed by atoms with Crippen molar-refractivity contribution < 1.29 is 9.59 Å². The first-order valence-electron chi connectivity index (χ1n) is 6.75. The van der Waals surface area contributed by atoms with Gasteiger partial charge < -0.3 is 10.6 Å². The smallest absolute Gasteiger partial charge is 0.253 e. The number of halogens is 2. The maximum atomic E-state index is 12.3. The van der Waals surface area contributed by atoms with Gasteiger partial charge in [-0.15, -0.1) is 0 Å². The molecule has 0 aliphatic carbocycles. The van der Waals surface area contributed by atoms with E-state index >= 15 is 0 Å². The van der Waals surface area contributed by atoms with Crippen LogP contribution < -0.4 is 10.6 Å². The zero-order valence-electron chi connectivity index (χ0n) is 12.3. The van der Waals surface area contributed by atoms with Crippen molar-refractivity contribution in [3.63, 3.8) is 0 Å². The van der Waals surface area contributed by atoms with Gasteiger partial charge in [0.2, 0.25) is 5.91 Å². The largest absolute Gasteiger partial charge is 0.341 e. The SMILES string of the molecule is CC(C)C[C@H](NC(=O)c1ccc(Cl)cc1Cl)C(=O)NCC#N. The summed E-state index contributed by atoms with van der Waals surface area (Å²) in [7, 11) is 0. The number of carbonyl (C=O) groups excluding carboxylic acids is 2. The van der Waals surface area contributed by atoms with E-state index in [1.807, 2.05) is 19.9 Å². The molecule has 22 heavy (non-hydrogen) atoms. The Morgan fingerprint density at radius 3 is 2.55 bits per heavy atom. The van der Waals surface area contributed by atoms with Crippen LogP contribution in [-0.4, -0.2) is 24.4 Å². The molecule has 0 aromatic heterocycles. The molecule has 118 valence electrons. The Morgan fingerprint density at radius 2 is 2.00 bits per heavy atom. The number of rotatable bonds is 6. The van der Waals surface area contributed by atoms with Crippen LogP contribution in [0.15, 0.2) is 18.2 Å². The van der Waals surface area contributed by atoms with Crippen LogP contribution in [-0.2, 0) is 4.79 Å². The summed E-state index contributed by atoms with van der Waals surface area (Å²) in [5.41, 5.74) is 0.243. The predicted molar refractivity (Wildman–Crippen MR) is 85.8 cm³/mol. The van der Waals surface area contributed by atoms with Gasteiger partial charge in [-0.05, 0) is 30.5 Å². The van der Waals surface area contributed by atoms with E-state index in [1.165, 1.54) is 12.1 Å². The van der Waals surface area contributed by atoms with Gasteiger partial charge in [0, 0.05) is 5.02 Å². The third-order valence-corrected chi connectivity index (χ3v) is 3.39. The minimum Gasteiger partial charge on any atom is -0.341 e. The fraction of sp³-hybridized carbons (Fsp3) is 0.400. The lowest BCUT2D eigenvalue weighted by Crippen LogP contribution is -2.47.